The van der Waals surface area contributed by atoms with Gasteiger partial charge in [-0.15, -0.1) is 11.3 Å². The van der Waals surface area contributed by atoms with Crippen LogP contribution in [-0.4, -0.2) is 22.5 Å². The maximum atomic E-state index is 11.5. The number of nitrogens with zero attached hydrogens (tertiary/aromatic N) is 2. The Balaban J connectivity index is 2.34. The number of thiazole rings is 1. The Kier molecular flexibility index (Phi) is 2.77. The number of rotatable bonds is 3. The largest absolute Gasteiger partial charge is 0.461 e. The van der Waals surface area contributed by atoms with Crippen LogP contribution in [0.4, 0.5) is 0 Å². The third-order valence-electron chi connectivity index (χ3n) is 1.69. The molecule has 0 aliphatic heterocycles. The summed E-state index contributed by atoms with van der Waals surface area (Å²) in [5.41, 5.74) is 1.85. The number of hydrogen-bond acceptors (Lipinski definition) is 6. The number of hydrogen-bond donors (Lipinski definition) is 0. The number of esters is 1. The Labute approximate surface area is 89.7 Å². The zero-order valence-electron chi connectivity index (χ0n) is 7.97. The molecule has 6 heteroatoms. The van der Waals surface area contributed by atoms with E-state index in [1.807, 2.05) is 0 Å². The molecule has 2 aromatic heterocycles. The highest BCUT2D eigenvalue weighted by molar-refractivity contribution is 7.13. The predicted octanol–water partition coefficient (Wildman–Crippen LogP) is 1.97. The molecule has 0 unspecified atom stereocenters. The number of carbonyl (C=O) groups excluding carboxylic acids is 1. The third-order valence-corrected chi connectivity index (χ3v) is 2.46. The molecule has 0 saturated heterocycles. The van der Waals surface area contributed by atoms with E-state index < -0.39 is 5.97 Å². The van der Waals surface area contributed by atoms with Crippen molar-refractivity contribution < 1.29 is 13.9 Å². The van der Waals surface area contributed by atoms with Crippen LogP contribution < -0.4 is 0 Å². The second kappa shape index (κ2) is 4.22. The standard InChI is InChI=1S/C9H8N2O3S/c1-2-13-9(12)7-8(14-4-11-7)6-3-10-5-15-6/h3-5H,2H2,1H3. The summed E-state index contributed by atoms with van der Waals surface area (Å²) in [6.45, 7) is 2.05. The number of aromatic nitrogens is 2. The van der Waals surface area contributed by atoms with Gasteiger partial charge in [-0.1, -0.05) is 0 Å². The van der Waals surface area contributed by atoms with E-state index in [1.54, 1.807) is 18.6 Å². The lowest BCUT2D eigenvalue weighted by molar-refractivity contribution is 0.0520. The molecule has 0 N–H and O–H groups in total. The van der Waals surface area contributed by atoms with Crippen LogP contribution in [0.2, 0.25) is 0 Å². The van der Waals surface area contributed by atoms with Gasteiger partial charge in [-0.05, 0) is 6.92 Å². The topological polar surface area (TPSA) is 65.2 Å². The Bertz CT molecular complexity index is 450. The summed E-state index contributed by atoms with van der Waals surface area (Å²) in [4.78, 5) is 20.0. The molecule has 5 nitrogen and oxygen atoms in total. The van der Waals surface area contributed by atoms with Crippen LogP contribution in [-0.2, 0) is 4.74 Å². The van der Waals surface area contributed by atoms with Gasteiger partial charge in [0.25, 0.3) is 0 Å². The van der Waals surface area contributed by atoms with Gasteiger partial charge in [0.15, 0.2) is 17.8 Å². The van der Waals surface area contributed by atoms with E-state index in [2.05, 4.69) is 9.97 Å². The predicted molar refractivity (Wildman–Crippen MR) is 53.6 cm³/mol. The normalized spacial score (nSPS) is 10.2. The van der Waals surface area contributed by atoms with E-state index in [4.69, 9.17) is 9.15 Å². The minimum atomic E-state index is -0.477. The van der Waals surface area contributed by atoms with Gasteiger partial charge >= 0.3 is 5.97 Å². The quantitative estimate of drug-likeness (QED) is 0.746. The lowest BCUT2D eigenvalue weighted by Gasteiger charge is -1.98. The highest BCUT2D eigenvalue weighted by atomic mass is 32.1. The Morgan fingerprint density at radius 3 is 3.20 bits per heavy atom. The van der Waals surface area contributed by atoms with Crippen molar-refractivity contribution >= 4 is 17.3 Å². The molecule has 0 aliphatic rings. The maximum Gasteiger partial charge on any atom is 0.361 e. The summed E-state index contributed by atoms with van der Waals surface area (Å²) in [6, 6.07) is 0. The minimum Gasteiger partial charge on any atom is -0.461 e. The fourth-order valence-electron chi connectivity index (χ4n) is 1.09. The zero-order chi connectivity index (χ0) is 10.7. The van der Waals surface area contributed by atoms with E-state index in [0.717, 1.165) is 4.88 Å². The van der Waals surface area contributed by atoms with Crippen molar-refractivity contribution in [2.45, 2.75) is 6.92 Å². The fourth-order valence-corrected chi connectivity index (χ4v) is 1.70. The smallest absolute Gasteiger partial charge is 0.361 e. The van der Waals surface area contributed by atoms with Crippen molar-refractivity contribution in [2.75, 3.05) is 6.61 Å². The number of carbonyl (C=O) groups is 1. The van der Waals surface area contributed by atoms with Crippen molar-refractivity contribution in [3.63, 3.8) is 0 Å². The zero-order valence-corrected chi connectivity index (χ0v) is 8.78. The molecule has 78 valence electrons. The number of ether oxygens (including phenoxy) is 1. The van der Waals surface area contributed by atoms with Crippen LogP contribution in [0.1, 0.15) is 17.4 Å². The molecule has 0 bridgehead atoms. The van der Waals surface area contributed by atoms with E-state index in [1.165, 1.54) is 17.7 Å². The second-order valence-corrected chi connectivity index (χ2v) is 3.50. The molecule has 2 aromatic rings. The van der Waals surface area contributed by atoms with Crippen LogP contribution in [0.5, 0.6) is 0 Å². The molecular formula is C9H8N2O3S. The van der Waals surface area contributed by atoms with Gasteiger partial charge in [0, 0.05) is 6.20 Å². The van der Waals surface area contributed by atoms with Crippen LogP contribution in [0.15, 0.2) is 22.5 Å². The summed E-state index contributed by atoms with van der Waals surface area (Å²) in [6.07, 6.45) is 2.84. The van der Waals surface area contributed by atoms with E-state index in [-0.39, 0.29) is 5.69 Å². The monoisotopic (exact) mass is 224 g/mol. The molecule has 0 spiro atoms. The average molecular weight is 224 g/mol. The molecule has 0 amide bonds. The molecule has 2 rings (SSSR count). The molecule has 0 radical (unpaired) electrons. The molecular weight excluding hydrogens is 216 g/mol. The highest BCUT2D eigenvalue weighted by Crippen LogP contribution is 2.26. The molecule has 0 saturated carbocycles. The van der Waals surface area contributed by atoms with Gasteiger partial charge in [0.2, 0.25) is 0 Å². The second-order valence-electron chi connectivity index (χ2n) is 2.62. The van der Waals surface area contributed by atoms with Crippen LogP contribution in [0.3, 0.4) is 0 Å². The molecule has 2 heterocycles. The van der Waals surface area contributed by atoms with Crippen molar-refractivity contribution in [1.82, 2.24) is 9.97 Å². The van der Waals surface area contributed by atoms with Crippen LogP contribution >= 0.6 is 11.3 Å². The van der Waals surface area contributed by atoms with E-state index in [0.29, 0.717) is 12.4 Å². The van der Waals surface area contributed by atoms with Crippen LogP contribution in [0.25, 0.3) is 10.6 Å². The summed E-state index contributed by atoms with van der Waals surface area (Å²) in [7, 11) is 0. The first-order valence-corrected chi connectivity index (χ1v) is 5.20. The highest BCUT2D eigenvalue weighted by Gasteiger charge is 2.19. The number of oxazole rings is 1. The lowest BCUT2D eigenvalue weighted by Crippen LogP contribution is -2.05. The summed E-state index contributed by atoms with van der Waals surface area (Å²) < 4.78 is 9.98. The summed E-state index contributed by atoms with van der Waals surface area (Å²) in [5, 5.41) is 0. The maximum absolute atomic E-state index is 11.5. The first-order valence-electron chi connectivity index (χ1n) is 4.32. The van der Waals surface area contributed by atoms with E-state index >= 15 is 0 Å². The molecule has 0 aliphatic carbocycles. The lowest BCUT2D eigenvalue weighted by atomic mass is 10.3. The van der Waals surface area contributed by atoms with Gasteiger partial charge in [-0.2, -0.15) is 0 Å². The Hall–Kier alpha value is -1.69. The fraction of sp³-hybridized carbons (Fsp3) is 0.222. The minimum absolute atomic E-state index is 0.195. The summed E-state index contributed by atoms with van der Waals surface area (Å²) >= 11 is 1.38. The molecule has 0 atom stereocenters. The van der Waals surface area contributed by atoms with Crippen molar-refractivity contribution in [3.8, 4) is 10.6 Å². The molecule has 0 fully saturated rings. The van der Waals surface area contributed by atoms with Gasteiger partial charge in [-0.25, -0.2) is 9.78 Å². The molecule has 0 aromatic carbocycles. The van der Waals surface area contributed by atoms with Crippen molar-refractivity contribution in [3.05, 3.63) is 23.8 Å². The summed E-state index contributed by atoms with van der Waals surface area (Å²) in [5.74, 6) is -0.0643. The van der Waals surface area contributed by atoms with Gasteiger partial charge in [0.05, 0.1) is 17.0 Å². The van der Waals surface area contributed by atoms with Gasteiger partial charge < -0.3 is 9.15 Å². The SMILES string of the molecule is CCOC(=O)c1ncoc1-c1cncs1. The first kappa shape index (κ1) is 9.85. The first-order chi connectivity index (χ1) is 7.33. The Morgan fingerprint density at radius 1 is 1.67 bits per heavy atom. The average Bonchev–Trinajstić information content (AvgIpc) is 2.88. The van der Waals surface area contributed by atoms with Crippen LogP contribution in [0, 0.1) is 0 Å². The van der Waals surface area contributed by atoms with E-state index in [9.17, 15) is 4.79 Å². The van der Waals surface area contributed by atoms with Crippen molar-refractivity contribution in [1.29, 1.82) is 0 Å². The van der Waals surface area contributed by atoms with Gasteiger partial charge in [0.1, 0.15) is 0 Å². The third kappa shape index (κ3) is 1.89. The molecule has 15 heavy (non-hydrogen) atoms. The Morgan fingerprint density at radius 2 is 2.53 bits per heavy atom. The van der Waals surface area contributed by atoms with Crippen molar-refractivity contribution in [2.24, 2.45) is 0 Å². The van der Waals surface area contributed by atoms with Gasteiger partial charge in [-0.3, -0.25) is 4.98 Å².